The summed E-state index contributed by atoms with van der Waals surface area (Å²) in [6, 6.07) is 11.9. The zero-order valence-electron chi connectivity index (χ0n) is 14.7. The van der Waals surface area contributed by atoms with Gasteiger partial charge in [-0.05, 0) is 30.2 Å². The van der Waals surface area contributed by atoms with Gasteiger partial charge in [0.15, 0.2) is 0 Å². The summed E-state index contributed by atoms with van der Waals surface area (Å²) < 4.78 is 7.13. The molecule has 0 atom stereocenters. The van der Waals surface area contributed by atoms with Gasteiger partial charge in [-0.25, -0.2) is 4.79 Å². The second kappa shape index (κ2) is 7.25. The highest BCUT2D eigenvalue weighted by Crippen LogP contribution is 2.28. The van der Waals surface area contributed by atoms with Crippen molar-refractivity contribution < 1.29 is 9.53 Å². The quantitative estimate of drug-likeness (QED) is 0.750. The molecule has 0 fully saturated rings. The molecule has 1 heterocycles. The van der Waals surface area contributed by atoms with Crippen LogP contribution in [0.4, 0.5) is 10.6 Å². The number of ether oxygens (including phenoxy) is 1. The number of anilines is 1. The van der Waals surface area contributed by atoms with Gasteiger partial charge in [-0.15, -0.1) is 0 Å². The van der Waals surface area contributed by atoms with Crippen LogP contribution in [0.5, 0.6) is 5.75 Å². The first-order valence-electron chi connectivity index (χ1n) is 8.18. The monoisotopic (exact) mass is 338 g/mol. The molecule has 0 aliphatic carbocycles. The van der Waals surface area contributed by atoms with Gasteiger partial charge in [-0.1, -0.05) is 30.3 Å². The van der Waals surface area contributed by atoms with Crippen LogP contribution in [0.2, 0.25) is 0 Å². The largest absolute Gasteiger partial charge is 0.496 e. The number of aromatic nitrogens is 2. The molecule has 0 unspecified atom stereocenters. The molecule has 2 aromatic carbocycles. The second-order valence-electron chi connectivity index (χ2n) is 5.90. The van der Waals surface area contributed by atoms with Crippen LogP contribution in [0.1, 0.15) is 11.1 Å². The first-order chi connectivity index (χ1) is 12.1. The normalized spacial score (nSPS) is 10.7. The Morgan fingerprint density at radius 3 is 2.76 bits per heavy atom. The average Bonchev–Trinajstić information content (AvgIpc) is 2.93. The Bertz CT molecular complexity index is 882. The van der Waals surface area contributed by atoms with Crippen molar-refractivity contribution in [2.75, 3.05) is 19.0 Å². The lowest BCUT2D eigenvalue weighted by atomic mass is 10.0. The van der Waals surface area contributed by atoms with Gasteiger partial charge in [0.2, 0.25) is 0 Å². The molecule has 3 aromatic rings. The topological polar surface area (TPSA) is 68.2 Å². The number of aryl methyl sites for hydroxylation is 2. The van der Waals surface area contributed by atoms with Crippen LogP contribution in [-0.2, 0) is 13.5 Å². The Labute approximate surface area is 146 Å². The van der Waals surface area contributed by atoms with E-state index in [1.807, 2.05) is 31.2 Å². The summed E-state index contributed by atoms with van der Waals surface area (Å²) in [5.41, 5.74) is 2.02. The number of fused-ring (bicyclic) bond motifs is 1. The summed E-state index contributed by atoms with van der Waals surface area (Å²) in [6.07, 6.45) is 2.40. The van der Waals surface area contributed by atoms with E-state index in [9.17, 15) is 4.79 Å². The number of hydrogen-bond donors (Lipinski definition) is 2. The van der Waals surface area contributed by atoms with Crippen LogP contribution < -0.4 is 15.4 Å². The van der Waals surface area contributed by atoms with Crippen LogP contribution in [0.25, 0.3) is 10.8 Å². The summed E-state index contributed by atoms with van der Waals surface area (Å²) in [5, 5.41) is 12.1. The first kappa shape index (κ1) is 16.8. The van der Waals surface area contributed by atoms with Crippen LogP contribution in [-0.4, -0.2) is 29.5 Å². The van der Waals surface area contributed by atoms with Crippen LogP contribution in [0, 0.1) is 6.92 Å². The maximum absolute atomic E-state index is 12.1. The number of methoxy groups -OCH3 is 1. The number of nitrogens with one attached hydrogen (secondary N) is 2. The SMILES string of the molecule is COc1ccc2ccccc2c1CCNC(=O)Nc1c(C)cnn1C. The van der Waals surface area contributed by atoms with Gasteiger partial charge < -0.3 is 10.1 Å². The lowest BCUT2D eigenvalue weighted by Crippen LogP contribution is -2.31. The minimum atomic E-state index is -0.245. The minimum absolute atomic E-state index is 0.245. The summed E-state index contributed by atoms with van der Waals surface area (Å²) >= 11 is 0. The van der Waals surface area contributed by atoms with E-state index in [1.165, 1.54) is 0 Å². The van der Waals surface area contributed by atoms with E-state index in [0.717, 1.165) is 27.6 Å². The third kappa shape index (κ3) is 3.57. The van der Waals surface area contributed by atoms with Gasteiger partial charge in [0.05, 0.1) is 13.3 Å². The minimum Gasteiger partial charge on any atom is -0.496 e. The molecular weight excluding hydrogens is 316 g/mol. The van der Waals surface area contributed by atoms with Gasteiger partial charge in [0.25, 0.3) is 0 Å². The molecule has 0 bridgehead atoms. The fourth-order valence-electron chi connectivity index (χ4n) is 2.94. The third-order valence-electron chi connectivity index (χ3n) is 4.23. The molecule has 0 saturated heterocycles. The predicted octanol–water partition coefficient (Wildman–Crippen LogP) is 3.25. The van der Waals surface area contributed by atoms with Crippen LogP contribution >= 0.6 is 0 Å². The molecular formula is C19H22N4O2. The summed E-state index contributed by atoms with van der Waals surface area (Å²) in [4.78, 5) is 12.1. The number of nitrogens with zero attached hydrogens (tertiary/aromatic N) is 2. The van der Waals surface area contributed by atoms with Crippen LogP contribution in [0.15, 0.2) is 42.6 Å². The van der Waals surface area contributed by atoms with E-state index in [2.05, 4.69) is 27.9 Å². The standard InChI is InChI=1S/C19H22N4O2/c1-13-12-21-23(2)18(13)22-19(24)20-11-10-16-15-7-5-4-6-14(15)8-9-17(16)25-3/h4-9,12H,10-11H2,1-3H3,(H2,20,22,24). The average molecular weight is 338 g/mol. The number of amides is 2. The Morgan fingerprint density at radius 1 is 1.24 bits per heavy atom. The smallest absolute Gasteiger partial charge is 0.320 e. The molecule has 3 rings (SSSR count). The Hall–Kier alpha value is -3.02. The van der Waals surface area contributed by atoms with Crippen LogP contribution in [0.3, 0.4) is 0 Å². The number of rotatable bonds is 5. The maximum atomic E-state index is 12.1. The highest BCUT2D eigenvalue weighted by Gasteiger charge is 2.11. The molecule has 25 heavy (non-hydrogen) atoms. The Kier molecular flexibility index (Phi) is 4.88. The van der Waals surface area contributed by atoms with Crippen molar-refractivity contribution in [3.8, 4) is 5.75 Å². The van der Waals surface area contributed by atoms with Crippen molar-refractivity contribution in [3.05, 3.63) is 53.7 Å². The zero-order chi connectivity index (χ0) is 17.8. The van der Waals surface area contributed by atoms with E-state index in [-0.39, 0.29) is 6.03 Å². The molecule has 2 amide bonds. The van der Waals surface area contributed by atoms with Gasteiger partial charge in [0.1, 0.15) is 11.6 Å². The number of benzene rings is 2. The van der Waals surface area contributed by atoms with Crippen molar-refractivity contribution in [1.82, 2.24) is 15.1 Å². The fraction of sp³-hybridized carbons (Fsp3) is 0.263. The molecule has 0 spiro atoms. The van der Waals surface area contributed by atoms with E-state index >= 15 is 0 Å². The maximum Gasteiger partial charge on any atom is 0.320 e. The van der Waals surface area contributed by atoms with Gasteiger partial charge in [-0.2, -0.15) is 5.10 Å². The molecule has 6 nitrogen and oxygen atoms in total. The fourth-order valence-corrected chi connectivity index (χ4v) is 2.94. The second-order valence-corrected chi connectivity index (χ2v) is 5.90. The van der Waals surface area contributed by atoms with E-state index in [1.54, 1.807) is 25.0 Å². The van der Waals surface area contributed by atoms with Crippen molar-refractivity contribution in [1.29, 1.82) is 0 Å². The molecule has 0 aliphatic heterocycles. The summed E-state index contributed by atoms with van der Waals surface area (Å²) in [6.45, 7) is 2.41. The molecule has 6 heteroatoms. The lowest BCUT2D eigenvalue weighted by Gasteiger charge is -2.13. The molecule has 1 aromatic heterocycles. The summed E-state index contributed by atoms with van der Waals surface area (Å²) in [7, 11) is 3.46. The molecule has 0 radical (unpaired) electrons. The van der Waals surface area contributed by atoms with E-state index in [4.69, 9.17) is 4.74 Å². The Balaban J connectivity index is 1.68. The van der Waals surface area contributed by atoms with E-state index in [0.29, 0.717) is 18.8 Å². The van der Waals surface area contributed by atoms with Gasteiger partial charge in [-0.3, -0.25) is 10.00 Å². The molecule has 2 N–H and O–H groups in total. The molecule has 0 saturated carbocycles. The zero-order valence-corrected chi connectivity index (χ0v) is 14.7. The van der Waals surface area contributed by atoms with Crippen molar-refractivity contribution >= 4 is 22.6 Å². The third-order valence-corrected chi connectivity index (χ3v) is 4.23. The van der Waals surface area contributed by atoms with Crippen molar-refractivity contribution in [3.63, 3.8) is 0 Å². The predicted molar refractivity (Wildman–Crippen MR) is 99.2 cm³/mol. The lowest BCUT2D eigenvalue weighted by molar-refractivity contribution is 0.252. The molecule has 130 valence electrons. The number of urea groups is 1. The van der Waals surface area contributed by atoms with Gasteiger partial charge >= 0.3 is 6.03 Å². The highest BCUT2D eigenvalue weighted by molar-refractivity contribution is 5.89. The summed E-state index contributed by atoms with van der Waals surface area (Å²) in [5.74, 6) is 1.53. The Morgan fingerprint density at radius 2 is 2.04 bits per heavy atom. The number of carbonyl (C=O) groups excluding carboxylic acids is 1. The number of hydrogen-bond acceptors (Lipinski definition) is 3. The molecule has 0 aliphatic rings. The first-order valence-corrected chi connectivity index (χ1v) is 8.18. The van der Waals surface area contributed by atoms with E-state index < -0.39 is 0 Å². The van der Waals surface area contributed by atoms with Crippen molar-refractivity contribution in [2.24, 2.45) is 7.05 Å². The van der Waals surface area contributed by atoms with Gasteiger partial charge in [0, 0.05) is 24.7 Å². The highest BCUT2D eigenvalue weighted by atomic mass is 16.5. The number of carbonyl (C=O) groups is 1. The van der Waals surface area contributed by atoms with Crippen molar-refractivity contribution in [2.45, 2.75) is 13.3 Å².